The maximum absolute atomic E-state index is 11.4. The van der Waals surface area contributed by atoms with Gasteiger partial charge in [-0.3, -0.25) is 4.79 Å². The van der Waals surface area contributed by atoms with Gasteiger partial charge in [-0.25, -0.2) is 0 Å². The lowest BCUT2D eigenvalue weighted by molar-refractivity contribution is 0.0971. The molecule has 1 atom stereocenters. The van der Waals surface area contributed by atoms with Crippen LogP contribution in [0.15, 0.2) is 10.5 Å². The van der Waals surface area contributed by atoms with E-state index in [9.17, 15) is 4.79 Å². The minimum atomic E-state index is -0.417. The number of hydrogen-bond acceptors (Lipinski definition) is 3. The molecule has 2 nitrogen and oxygen atoms in total. The third-order valence-electron chi connectivity index (χ3n) is 1.45. The second kappa shape index (κ2) is 3.68. The molecule has 0 saturated carbocycles. The Hall–Kier alpha value is -0.190. The van der Waals surface area contributed by atoms with Crippen molar-refractivity contribution in [3.63, 3.8) is 0 Å². The lowest BCUT2D eigenvalue weighted by atomic mass is 10.2. The zero-order valence-electron chi connectivity index (χ0n) is 6.93. The number of nitrogens with two attached hydrogens (primary N) is 1. The number of thiophene rings is 1. The number of carbonyl (C=O) groups excluding carboxylic acids is 1. The van der Waals surface area contributed by atoms with Crippen LogP contribution in [0.1, 0.15) is 21.5 Å². The lowest BCUT2D eigenvalue weighted by Gasteiger charge is -2.00. The second-order valence-electron chi connectivity index (χ2n) is 2.69. The maximum atomic E-state index is 11.4. The number of hydrogen-bond donors (Lipinski definition) is 1. The Morgan fingerprint density at radius 3 is 2.67 bits per heavy atom. The van der Waals surface area contributed by atoms with Gasteiger partial charge in [0.05, 0.1) is 10.9 Å². The molecule has 1 rings (SSSR count). The zero-order valence-corrected chi connectivity index (χ0v) is 9.33. The van der Waals surface area contributed by atoms with Crippen molar-refractivity contribution < 1.29 is 4.79 Å². The van der Waals surface area contributed by atoms with E-state index in [0.717, 1.165) is 14.2 Å². The predicted octanol–water partition coefficient (Wildman–Crippen LogP) is 2.35. The molecule has 0 amide bonds. The van der Waals surface area contributed by atoms with Gasteiger partial charge in [0.1, 0.15) is 0 Å². The highest BCUT2D eigenvalue weighted by atomic mass is 79.9. The summed E-state index contributed by atoms with van der Waals surface area (Å²) in [5.74, 6) is -0.0000231. The molecule has 0 aliphatic carbocycles. The van der Waals surface area contributed by atoms with Gasteiger partial charge in [0, 0.05) is 9.35 Å². The van der Waals surface area contributed by atoms with E-state index in [0.29, 0.717) is 0 Å². The fraction of sp³-hybridized carbons (Fsp3) is 0.375. The number of halogens is 1. The molecule has 66 valence electrons. The van der Waals surface area contributed by atoms with Gasteiger partial charge in [-0.15, -0.1) is 11.3 Å². The van der Waals surface area contributed by atoms with Crippen molar-refractivity contribution in [2.45, 2.75) is 19.9 Å². The van der Waals surface area contributed by atoms with Crippen LogP contribution in [0, 0.1) is 6.92 Å². The van der Waals surface area contributed by atoms with Gasteiger partial charge in [-0.2, -0.15) is 0 Å². The summed E-state index contributed by atoms with van der Waals surface area (Å²) in [6.45, 7) is 3.66. The van der Waals surface area contributed by atoms with E-state index in [-0.39, 0.29) is 5.78 Å². The highest BCUT2D eigenvalue weighted by Gasteiger charge is 2.16. The van der Waals surface area contributed by atoms with E-state index in [1.165, 1.54) is 11.3 Å². The van der Waals surface area contributed by atoms with Crippen LogP contribution in [-0.2, 0) is 0 Å². The summed E-state index contributed by atoms with van der Waals surface area (Å²) in [7, 11) is 0. The van der Waals surface area contributed by atoms with Crippen molar-refractivity contribution in [3.05, 3.63) is 20.3 Å². The summed E-state index contributed by atoms with van der Waals surface area (Å²) in [6.07, 6.45) is 0. The van der Waals surface area contributed by atoms with Crippen molar-refractivity contribution in [2.75, 3.05) is 0 Å². The van der Waals surface area contributed by atoms with Crippen molar-refractivity contribution in [2.24, 2.45) is 5.73 Å². The number of rotatable bonds is 2. The monoisotopic (exact) mass is 247 g/mol. The Kier molecular flexibility index (Phi) is 3.04. The van der Waals surface area contributed by atoms with Crippen LogP contribution in [0.5, 0.6) is 0 Å². The van der Waals surface area contributed by atoms with E-state index in [2.05, 4.69) is 15.9 Å². The summed E-state index contributed by atoms with van der Waals surface area (Å²) >= 11 is 4.79. The van der Waals surface area contributed by atoms with Gasteiger partial charge in [0.2, 0.25) is 0 Å². The third-order valence-corrected chi connectivity index (χ3v) is 3.40. The number of ketones is 1. The SMILES string of the molecule is Cc1cc(Br)c(C(=O)C(C)N)s1. The first-order valence-corrected chi connectivity index (χ1v) is 5.19. The summed E-state index contributed by atoms with van der Waals surface area (Å²) in [4.78, 5) is 13.3. The topological polar surface area (TPSA) is 43.1 Å². The average molecular weight is 248 g/mol. The Bertz CT molecular complexity index is 306. The third kappa shape index (κ3) is 1.94. The minimum Gasteiger partial charge on any atom is -0.321 e. The highest BCUT2D eigenvalue weighted by Crippen LogP contribution is 2.27. The van der Waals surface area contributed by atoms with Crippen molar-refractivity contribution >= 4 is 33.0 Å². The number of carbonyl (C=O) groups is 1. The summed E-state index contributed by atoms with van der Waals surface area (Å²) in [5.41, 5.74) is 5.48. The maximum Gasteiger partial charge on any atom is 0.190 e. The molecule has 0 fully saturated rings. The van der Waals surface area contributed by atoms with Crippen LogP contribution in [0.3, 0.4) is 0 Å². The first-order valence-electron chi connectivity index (χ1n) is 3.58. The van der Waals surface area contributed by atoms with Crippen LogP contribution >= 0.6 is 27.3 Å². The molecule has 0 radical (unpaired) electrons. The second-order valence-corrected chi connectivity index (χ2v) is 4.80. The van der Waals surface area contributed by atoms with Crippen LogP contribution in [0.25, 0.3) is 0 Å². The van der Waals surface area contributed by atoms with E-state index >= 15 is 0 Å². The Morgan fingerprint density at radius 2 is 2.33 bits per heavy atom. The summed E-state index contributed by atoms with van der Waals surface area (Å²) in [6, 6.07) is 1.51. The standard InChI is InChI=1S/C8H10BrNOS/c1-4-3-6(9)8(12-4)7(11)5(2)10/h3,5H,10H2,1-2H3. The number of Topliss-reactive ketones (excluding diaryl/α,β-unsaturated/α-hetero) is 1. The highest BCUT2D eigenvalue weighted by molar-refractivity contribution is 9.10. The molecular formula is C8H10BrNOS. The fourth-order valence-electron chi connectivity index (χ4n) is 0.858. The van der Waals surface area contributed by atoms with Gasteiger partial charge in [0.15, 0.2) is 5.78 Å². The lowest BCUT2D eigenvalue weighted by Crippen LogP contribution is -2.26. The van der Waals surface area contributed by atoms with Crippen LogP contribution in [0.4, 0.5) is 0 Å². The van der Waals surface area contributed by atoms with Crippen LogP contribution < -0.4 is 5.73 Å². The Morgan fingerprint density at radius 1 is 1.75 bits per heavy atom. The molecule has 0 saturated heterocycles. The van der Waals surface area contributed by atoms with Gasteiger partial charge in [-0.05, 0) is 35.8 Å². The van der Waals surface area contributed by atoms with E-state index in [1.54, 1.807) is 6.92 Å². The van der Waals surface area contributed by atoms with Crippen LogP contribution in [0.2, 0.25) is 0 Å². The Labute approximate surface area is 83.9 Å². The van der Waals surface area contributed by atoms with Crippen LogP contribution in [-0.4, -0.2) is 11.8 Å². The Balaban J connectivity index is 3.02. The summed E-state index contributed by atoms with van der Waals surface area (Å²) in [5, 5.41) is 0. The predicted molar refractivity (Wildman–Crippen MR) is 54.7 cm³/mol. The van der Waals surface area contributed by atoms with E-state index in [4.69, 9.17) is 5.73 Å². The van der Waals surface area contributed by atoms with Crippen molar-refractivity contribution in [3.8, 4) is 0 Å². The van der Waals surface area contributed by atoms with E-state index < -0.39 is 6.04 Å². The molecule has 0 aromatic carbocycles. The molecule has 1 unspecified atom stereocenters. The summed E-state index contributed by atoms with van der Waals surface area (Å²) < 4.78 is 0.854. The normalized spacial score (nSPS) is 13.0. The van der Waals surface area contributed by atoms with Crippen molar-refractivity contribution in [1.29, 1.82) is 0 Å². The molecule has 4 heteroatoms. The quantitative estimate of drug-likeness (QED) is 0.816. The molecule has 0 aliphatic heterocycles. The first-order chi connectivity index (χ1) is 5.52. The molecule has 0 aliphatic rings. The smallest absolute Gasteiger partial charge is 0.190 e. The molecule has 0 bridgehead atoms. The number of aryl methyl sites for hydroxylation is 1. The molecule has 1 aromatic heterocycles. The molecule has 1 heterocycles. The van der Waals surface area contributed by atoms with Gasteiger partial charge in [-0.1, -0.05) is 0 Å². The zero-order chi connectivity index (χ0) is 9.30. The average Bonchev–Trinajstić information content (AvgIpc) is 2.28. The molecule has 1 aromatic rings. The minimum absolute atomic E-state index is 0.0000231. The van der Waals surface area contributed by atoms with Gasteiger partial charge in [0.25, 0.3) is 0 Å². The molecule has 2 N–H and O–H groups in total. The van der Waals surface area contributed by atoms with Crippen molar-refractivity contribution in [1.82, 2.24) is 0 Å². The molecule has 12 heavy (non-hydrogen) atoms. The van der Waals surface area contributed by atoms with E-state index in [1.807, 2.05) is 13.0 Å². The molecular weight excluding hydrogens is 238 g/mol. The largest absolute Gasteiger partial charge is 0.321 e. The fourth-order valence-corrected chi connectivity index (χ4v) is 2.73. The molecule has 0 spiro atoms. The van der Waals surface area contributed by atoms with Gasteiger partial charge >= 0.3 is 0 Å². The van der Waals surface area contributed by atoms with Gasteiger partial charge < -0.3 is 5.73 Å². The first kappa shape index (κ1) is 9.89.